The number of methoxy groups -OCH3 is 2. The highest BCUT2D eigenvalue weighted by Crippen LogP contribution is 2.45. The Balaban J connectivity index is 2.13. The summed E-state index contributed by atoms with van der Waals surface area (Å²) in [5.41, 5.74) is 1.79. The molecule has 2 heterocycles. The van der Waals surface area contributed by atoms with Crippen molar-refractivity contribution in [1.82, 2.24) is 9.78 Å². The Hall–Kier alpha value is -2.21. The van der Waals surface area contributed by atoms with Crippen LogP contribution in [0.5, 0.6) is 11.5 Å². The number of ether oxygens (including phenoxy) is 2. The van der Waals surface area contributed by atoms with E-state index >= 15 is 0 Å². The Morgan fingerprint density at radius 3 is 2.78 bits per heavy atom. The van der Waals surface area contributed by atoms with Crippen LogP contribution in [0, 0.1) is 0 Å². The Morgan fingerprint density at radius 2 is 2.13 bits per heavy atom. The van der Waals surface area contributed by atoms with Gasteiger partial charge in [-0.05, 0) is 18.6 Å². The van der Waals surface area contributed by atoms with Crippen molar-refractivity contribution in [2.45, 2.75) is 25.8 Å². The molecule has 2 aromatic rings. The van der Waals surface area contributed by atoms with E-state index in [1.54, 1.807) is 31.2 Å². The van der Waals surface area contributed by atoms with Crippen LogP contribution in [0.1, 0.15) is 30.4 Å². The number of halogens is 1. The summed E-state index contributed by atoms with van der Waals surface area (Å²) in [6, 6.07) is 3.68. The highest BCUT2D eigenvalue weighted by Gasteiger charge is 2.32. The number of benzene rings is 1. The first-order valence-electron chi connectivity index (χ1n) is 7.36. The molecule has 1 N–H and O–H groups in total. The molecule has 1 amide bonds. The van der Waals surface area contributed by atoms with Gasteiger partial charge in [-0.15, -0.1) is 0 Å². The molecule has 0 bridgehead atoms. The minimum Gasteiger partial charge on any atom is -0.493 e. The normalized spacial score (nSPS) is 16.7. The maximum Gasteiger partial charge on any atom is 0.226 e. The van der Waals surface area contributed by atoms with Gasteiger partial charge in [0.15, 0.2) is 11.5 Å². The second-order valence-corrected chi connectivity index (χ2v) is 5.65. The summed E-state index contributed by atoms with van der Waals surface area (Å²) in [6.45, 7) is 2.66. The fourth-order valence-corrected chi connectivity index (χ4v) is 3.33. The predicted octanol–water partition coefficient (Wildman–Crippen LogP) is 3.05. The average molecular weight is 336 g/mol. The van der Waals surface area contributed by atoms with E-state index in [1.807, 2.05) is 13.0 Å². The van der Waals surface area contributed by atoms with Crippen LogP contribution in [-0.2, 0) is 11.3 Å². The molecule has 122 valence electrons. The molecular weight excluding hydrogens is 318 g/mol. The molecule has 0 spiro atoms. The maximum atomic E-state index is 12.1. The van der Waals surface area contributed by atoms with Crippen LogP contribution in [0.3, 0.4) is 0 Å². The molecule has 7 heteroatoms. The van der Waals surface area contributed by atoms with E-state index in [2.05, 4.69) is 10.4 Å². The summed E-state index contributed by atoms with van der Waals surface area (Å²) in [6.07, 6.45) is 2.10. The van der Waals surface area contributed by atoms with Gasteiger partial charge in [-0.3, -0.25) is 4.79 Å². The van der Waals surface area contributed by atoms with Crippen molar-refractivity contribution in [2.24, 2.45) is 0 Å². The summed E-state index contributed by atoms with van der Waals surface area (Å²) >= 11 is 6.52. The Morgan fingerprint density at radius 1 is 1.35 bits per heavy atom. The summed E-state index contributed by atoms with van der Waals surface area (Å²) in [7, 11) is 3.10. The number of nitrogens with one attached hydrogen (secondary N) is 1. The average Bonchev–Trinajstić information content (AvgIpc) is 2.96. The molecule has 0 saturated carbocycles. The fraction of sp³-hybridized carbons (Fsp3) is 0.375. The van der Waals surface area contributed by atoms with Gasteiger partial charge in [0.1, 0.15) is 5.82 Å². The van der Waals surface area contributed by atoms with Gasteiger partial charge < -0.3 is 14.8 Å². The van der Waals surface area contributed by atoms with Gasteiger partial charge in [-0.1, -0.05) is 17.7 Å². The van der Waals surface area contributed by atoms with Crippen molar-refractivity contribution < 1.29 is 14.3 Å². The van der Waals surface area contributed by atoms with Crippen LogP contribution in [0.2, 0.25) is 5.02 Å². The molecule has 1 aromatic carbocycles. The molecule has 0 saturated heterocycles. The first-order chi connectivity index (χ1) is 11.1. The van der Waals surface area contributed by atoms with E-state index < -0.39 is 0 Å². The summed E-state index contributed by atoms with van der Waals surface area (Å²) in [5.74, 6) is 1.56. The number of amides is 1. The number of aryl methyl sites for hydroxylation is 1. The molecule has 0 aliphatic carbocycles. The van der Waals surface area contributed by atoms with Gasteiger partial charge in [0, 0.05) is 24.4 Å². The van der Waals surface area contributed by atoms with E-state index in [4.69, 9.17) is 21.1 Å². The van der Waals surface area contributed by atoms with E-state index in [0.29, 0.717) is 29.5 Å². The lowest BCUT2D eigenvalue weighted by molar-refractivity contribution is -0.116. The Bertz CT molecular complexity index is 757. The van der Waals surface area contributed by atoms with Crippen molar-refractivity contribution in [3.8, 4) is 11.5 Å². The zero-order valence-electron chi connectivity index (χ0n) is 13.2. The van der Waals surface area contributed by atoms with Crippen LogP contribution in [-0.4, -0.2) is 29.9 Å². The lowest BCUT2D eigenvalue weighted by Crippen LogP contribution is -2.25. The topological polar surface area (TPSA) is 65.4 Å². The molecule has 1 aliphatic rings. The monoisotopic (exact) mass is 335 g/mol. The van der Waals surface area contributed by atoms with Crippen LogP contribution in [0.4, 0.5) is 5.82 Å². The molecular formula is C16H18ClN3O3. The van der Waals surface area contributed by atoms with Crippen LogP contribution < -0.4 is 14.8 Å². The molecule has 3 rings (SSSR count). The minimum atomic E-state index is -0.161. The molecule has 23 heavy (non-hydrogen) atoms. The van der Waals surface area contributed by atoms with E-state index in [1.165, 1.54) is 0 Å². The zero-order chi connectivity index (χ0) is 16.6. The van der Waals surface area contributed by atoms with Gasteiger partial charge in [0.2, 0.25) is 5.91 Å². The molecule has 1 aliphatic heterocycles. The van der Waals surface area contributed by atoms with Gasteiger partial charge in [-0.2, -0.15) is 5.10 Å². The third-order valence-corrected chi connectivity index (χ3v) is 4.47. The number of aromatic nitrogens is 2. The molecule has 1 aromatic heterocycles. The number of carbonyl (C=O) groups is 1. The molecule has 0 radical (unpaired) electrons. The Labute approximate surface area is 139 Å². The van der Waals surface area contributed by atoms with Crippen molar-refractivity contribution in [3.63, 3.8) is 0 Å². The fourth-order valence-electron chi connectivity index (χ4n) is 2.96. The second kappa shape index (κ2) is 6.12. The maximum absolute atomic E-state index is 12.1. The van der Waals surface area contributed by atoms with Crippen molar-refractivity contribution >= 4 is 23.3 Å². The van der Waals surface area contributed by atoms with Crippen molar-refractivity contribution in [1.29, 1.82) is 0 Å². The van der Waals surface area contributed by atoms with Crippen LogP contribution in [0.15, 0.2) is 18.3 Å². The summed E-state index contributed by atoms with van der Waals surface area (Å²) in [5, 5.41) is 7.69. The standard InChI is InChI=1S/C16H18ClN3O3/c1-4-20-16-11(8-18-20)10(7-13(21)19-16)9-5-6-12(22-2)15(23-3)14(9)17/h5-6,8,10H,4,7H2,1-3H3,(H,19,21). The molecule has 1 atom stereocenters. The van der Waals surface area contributed by atoms with E-state index in [0.717, 1.165) is 16.9 Å². The first kappa shape index (κ1) is 15.7. The summed E-state index contributed by atoms with van der Waals surface area (Å²) in [4.78, 5) is 12.1. The highest BCUT2D eigenvalue weighted by atomic mass is 35.5. The number of hydrogen-bond donors (Lipinski definition) is 1. The lowest BCUT2D eigenvalue weighted by Gasteiger charge is -2.25. The molecule has 1 unspecified atom stereocenters. The third-order valence-electron chi connectivity index (χ3n) is 4.08. The minimum absolute atomic E-state index is 0.0523. The first-order valence-corrected chi connectivity index (χ1v) is 7.74. The number of anilines is 1. The molecule has 6 nitrogen and oxygen atoms in total. The van der Waals surface area contributed by atoms with E-state index in [-0.39, 0.29) is 11.8 Å². The largest absolute Gasteiger partial charge is 0.493 e. The van der Waals surface area contributed by atoms with Crippen LogP contribution >= 0.6 is 11.6 Å². The highest BCUT2D eigenvalue weighted by molar-refractivity contribution is 6.33. The Kier molecular flexibility index (Phi) is 4.17. The van der Waals surface area contributed by atoms with Crippen molar-refractivity contribution in [2.75, 3.05) is 19.5 Å². The predicted molar refractivity (Wildman–Crippen MR) is 87.5 cm³/mol. The van der Waals surface area contributed by atoms with E-state index in [9.17, 15) is 4.79 Å². The van der Waals surface area contributed by atoms with Gasteiger partial charge in [0.05, 0.1) is 25.4 Å². The molecule has 0 fully saturated rings. The van der Waals surface area contributed by atoms with Gasteiger partial charge >= 0.3 is 0 Å². The second-order valence-electron chi connectivity index (χ2n) is 5.27. The number of rotatable bonds is 4. The number of fused-ring (bicyclic) bond motifs is 1. The van der Waals surface area contributed by atoms with Gasteiger partial charge in [-0.25, -0.2) is 4.68 Å². The van der Waals surface area contributed by atoms with Crippen molar-refractivity contribution in [3.05, 3.63) is 34.5 Å². The number of nitrogens with zero attached hydrogens (tertiary/aromatic N) is 2. The lowest BCUT2D eigenvalue weighted by atomic mass is 9.87. The smallest absolute Gasteiger partial charge is 0.226 e. The zero-order valence-corrected chi connectivity index (χ0v) is 14.0. The van der Waals surface area contributed by atoms with Gasteiger partial charge in [0.25, 0.3) is 0 Å². The van der Waals surface area contributed by atoms with Crippen LogP contribution in [0.25, 0.3) is 0 Å². The number of carbonyl (C=O) groups excluding carboxylic acids is 1. The SMILES string of the molecule is CCn1ncc2c1NC(=O)CC2c1ccc(OC)c(OC)c1Cl. The third kappa shape index (κ3) is 2.53. The number of hydrogen-bond acceptors (Lipinski definition) is 4. The quantitative estimate of drug-likeness (QED) is 0.932. The summed E-state index contributed by atoms with van der Waals surface area (Å²) < 4.78 is 12.4.